The molecule has 0 amide bonds. The molecule has 0 radical (unpaired) electrons. The molecular weight excluding hydrogens is 449 g/mol. The number of rotatable bonds is 5. The van der Waals surface area contributed by atoms with E-state index < -0.39 is 5.97 Å². The van der Waals surface area contributed by atoms with Crippen LogP contribution in [0.3, 0.4) is 0 Å². The van der Waals surface area contributed by atoms with E-state index >= 15 is 0 Å². The lowest BCUT2D eigenvalue weighted by Gasteiger charge is -2.38. The Morgan fingerprint density at radius 2 is 2.09 bits per heavy atom. The van der Waals surface area contributed by atoms with E-state index in [-0.39, 0.29) is 17.9 Å². The minimum absolute atomic E-state index is 0.00377. The lowest BCUT2D eigenvalue weighted by atomic mass is 9.74. The lowest BCUT2D eigenvalue weighted by Crippen LogP contribution is -2.44. The van der Waals surface area contributed by atoms with Gasteiger partial charge in [0.1, 0.15) is 17.6 Å². The van der Waals surface area contributed by atoms with E-state index in [1.54, 1.807) is 6.08 Å². The van der Waals surface area contributed by atoms with Crippen molar-refractivity contribution in [2.75, 3.05) is 26.2 Å². The van der Waals surface area contributed by atoms with E-state index in [9.17, 15) is 4.79 Å². The molecule has 32 heavy (non-hydrogen) atoms. The maximum absolute atomic E-state index is 10.9. The summed E-state index contributed by atoms with van der Waals surface area (Å²) in [6, 6.07) is 6.11. The van der Waals surface area contributed by atoms with Gasteiger partial charge in [-0.2, -0.15) is 0 Å². The smallest absolute Gasteiger partial charge is 0.304 e. The fourth-order valence-electron chi connectivity index (χ4n) is 4.74. The van der Waals surface area contributed by atoms with Crippen molar-refractivity contribution in [2.24, 2.45) is 0 Å². The van der Waals surface area contributed by atoms with Gasteiger partial charge in [-0.25, -0.2) is 0 Å². The molecule has 172 valence electrons. The first-order chi connectivity index (χ1) is 15.4. The van der Waals surface area contributed by atoms with Crippen LogP contribution in [0.4, 0.5) is 0 Å². The standard InChI is InChI=1S/C25H29Cl2NO4/c1-17-21(27)14-18(26)4-2-3-5-22(17)32-19-6-7-20-23(15-19)31-16-25(20)9-12-28(13-10-25)11-8-24(29)30/h4,6-7,14-15,22H,1-3,5,8-13,16H2,(H,29,30)/b18-4+,21-14+. The summed E-state index contributed by atoms with van der Waals surface area (Å²) < 4.78 is 12.4. The topological polar surface area (TPSA) is 59.0 Å². The summed E-state index contributed by atoms with van der Waals surface area (Å²) in [5, 5.41) is 10.1. The van der Waals surface area contributed by atoms with Crippen molar-refractivity contribution in [3.63, 3.8) is 0 Å². The molecule has 1 fully saturated rings. The highest BCUT2D eigenvalue weighted by Gasteiger charge is 2.43. The number of hydrogen-bond acceptors (Lipinski definition) is 4. The predicted molar refractivity (Wildman–Crippen MR) is 127 cm³/mol. The van der Waals surface area contributed by atoms with Gasteiger partial charge in [-0.05, 0) is 57.3 Å². The Labute approximate surface area is 199 Å². The number of carboxylic acid groups (broad SMARTS) is 1. The average Bonchev–Trinajstić information content (AvgIpc) is 3.13. The monoisotopic (exact) mass is 477 g/mol. The van der Waals surface area contributed by atoms with Gasteiger partial charge in [0.25, 0.3) is 0 Å². The number of ether oxygens (including phenoxy) is 2. The van der Waals surface area contributed by atoms with Crippen LogP contribution in [0.15, 0.2) is 52.6 Å². The van der Waals surface area contributed by atoms with Crippen LogP contribution in [0.5, 0.6) is 11.5 Å². The molecule has 7 heteroatoms. The molecule has 2 aliphatic heterocycles. The van der Waals surface area contributed by atoms with E-state index in [4.69, 9.17) is 37.8 Å². The molecule has 1 saturated heterocycles. The van der Waals surface area contributed by atoms with Crippen molar-refractivity contribution in [3.8, 4) is 11.5 Å². The number of benzene rings is 1. The number of carboxylic acids is 1. The summed E-state index contributed by atoms with van der Waals surface area (Å²) in [6.07, 6.45) is 8.20. The summed E-state index contributed by atoms with van der Waals surface area (Å²) in [5.74, 6) is 0.876. The molecule has 0 aromatic heterocycles. The third-order valence-corrected chi connectivity index (χ3v) is 7.35. The van der Waals surface area contributed by atoms with Gasteiger partial charge in [0.2, 0.25) is 0 Å². The molecule has 1 unspecified atom stereocenters. The highest BCUT2D eigenvalue weighted by molar-refractivity contribution is 6.35. The zero-order valence-electron chi connectivity index (χ0n) is 18.1. The van der Waals surface area contributed by atoms with Crippen LogP contribution in [0.25, 0.3) is 0 Å². The fourth-order valence-corrected chi connectivity index (χ4v) is 5.25. The second kappa shape index (κ2) is 9.90. The van der Waals surface area contributed by atoms with Crippen molar-refractivity contribution < 1.29 is 19.4 Å². The van der Waals surface area contributed by atoms with E-state index in [0.29, 0.717) is 23.2 Å². The van der Waals surface area contributed by atoms with E-state index in [1.165, 1.54) is 5.56 Å². The molecule has 1 atom stereocenters. The second-order valence-electron chi connectivity index (χ2n) is 8.86. The molecule has 1 spiro atoms. The second-order valence-corrected chi connectivity index (χ2v) is 9.70. The van der Waals surface area contributed by atoms with Gasteiger partial charge in [0.15, 0.2) is 0 Å². The number of carbonyl (C=O) groups is 1. The summed E-state index contributed by atoms with van der Waals surface area (Å²) in [4.78, 5) is 13.1. The third-order valence-electron chi connectivity index (χ3n) is 6.73. The molecule has 3 aliphatic rings. The van der Waals surface area contributed by atoms with E-state index in [1.807, 2.05) is 18.2 Å². The maximum Gasteiger partial charge on any atom is 0.304 e. The van der Waals surface area contributed by atoms with Crippen molar-refractivity contribution in [1.82, 2.24) is 4.90 Å². The summed E-state index contributed by atoms with van der Waals surface area (Å²) >= 11 is 12.6. The van der Waals surface area contributed by atoms with Crippen molar-refractivity contribution >= 4 is 29.2 Å². The first kappa shape index (κ1) is 23.2. The number of halogens is 2. The Balaban J connectivity index is 1.43. The van der Waals surface area contributed by atoms with E-state index in [2.05, 4.69) is 17.5 Å². The van der Waals surface area contributed by atoms with Crippen LogP contribution < -0.4 is 9.47 Å². The van der Waals surface area contributed by atoms with Crippen LogP contribution in [0.2, 0.25) is 0 Å². The van der Waals surface area contributed by atoms with Gasteiger partial charge in [0.05, 0.1) is 13.0 Å². The number of fused-ring (bicyclic) bond motifs is 2. The quantitative estimate of drug-likeness (QED) is 0.596. The Bertz CT molecular complexity index is 947. The minimum Gasteiger partial charge on any atom is -0.492 e. The Kier molecular flexibility index (Phi) is 7.18. The first-order valence-electron chi connectivity index (χ1n) is 11.2. The van der Waals surface area contributed by atoms with Crippen molar-refractivity contribution in [3.05, 3.63) is 58.1 Å². The molecule has 1 N–H and O–H groups in total. The molecule has 5 nitrogen and oxygen atoms in total. The Hall–Kier alpha value is -1.95. The van der Waals surface area contributed by atoms with Gasteiger partial charge in [-0.15, -0.1) is 0 Å². The van der Waals surface area contributed by atoms with Crippen LogP contribution in [0.1, 0.15) is 44.1 Å². The Morgan fingerprint density at radius 1 is 1.31 bits per heavy atom. The maximum atomic E-state index is 10.9. The zero-order chi connectivity index (χ0) is 22.7. The molecule has 2 heterocycles. The van der Waals surface area contributed by atoms with Gasteiger partial charge in [0, 0.05) is 39.2 Å². The molecule has 0 saturated carbocycles. The van der Waals surface area contributed by atoms with Gasteiger partial charge in [-0.1, -0.05) is 41.9 Å². The first-order valence-corrected chi connectivity index (χ1v) is 11.9. The fraction of sp³-hybridized carbons (Fsp3) is 0.480. The van der Waals surface area contributed by atoms with Crippen LogP contribution in [-0.2, 0) is 10.2 Å². The molecule has 4 rings (SSSR count). The van der Waals surface area contributed by atoms with Gasteiger partial charge >= 0.3 is 5.97 Å². The SMILES string of the molecule is C=C1/C(Cl)=C\C(Cl)=C/CCCC1Oc1ccc2c(c1)OCC21CCN(CCC(=O)O)CC1. The molecule has 1 aromatic rings. The summed E-state index contributed by atoms with van der Waals surface area (Å²) in [6.45, 7) is 7.18. The summed E-state index contributed by atoms with van der Waals surface area (Å²) in [7, 11) is 0. The minimum atomic E-state index is -0.744. The lowest BCUT2D eigenvalue weighted by molar-refractivity contribution is -0.137. The van der Waals surface area contributed by atoms with E-state index in [0.717, 1.165) is 62.3 Å². The third kappa shape index (κ3) is 5.16. The molecule has 1 aromatic carbocycles. The number of allylic oxidation sites excluding steroid dienone is 3. The zero-order valence-corrected chi connectivity index (χ0v) is 19.6. The Morgan fingerprint density at radius 3 is 2.84 bits per heavy atom. The van der Waals surface area contributed by atoms with Gasteiger partial charge < -0.3 is 19.5 Å². The van der Waals surface area contributed by atoms with Crippen LogP contribution in [-0.4, -0.2) is 48.3 Å². The number of hydrogen-bond donors (Lipinski definition) is 1. The number of aliphatic carboxylic acids is 1. The van der Waals surface area contributed by atoms with Gasteiger partial charge in [-0.3, -0.25) is 4.79 Å². The van der Waals surface area contributed by atoms with Crippen LogP contribution in [0, 0.1) is 0 Å². The number of nitrogens with zero attached hydrogens (tertiary/aromatic N) is 1. The highest BCUT2D eigenvalue weighted by Crippen LogP contribution is 2.47. The van der Waals surface area contributed by atoms with Crippen LogP contribution >= 0.6 is 23.2 Å². The molecule has 0 bridgehead atoms. The van der Waals surface area contributed by atoms with Crippen molar-refractivity contribution in [1.29, 1.82) is 0 Å². The molecule has 1 aliphatic carbocycles. The number of likely N-dealkylation sites (tertiary alicyclic amines) is 1. The van der Waals surface area contributed by atoms with Crippen molar-refractivity contribution in [2.45, 2.75) is 50.0 Å². The largest absolute Gasteiger partial charge is 0.492 e. The predicted octanol–water partition coefficient (Wildman–Crippen LogP) is 5.62. The number of piperidine rings is 1. The normalized spacial score (nSPS) is 26.6. The highest BCUT2D eigenvalue weighted by atomic mass is 35.5. The molecular formula is C25H29Cl2NO4. The summed E-state index contributed by atoms with van der Waals surface area (Å²) in [5.41, 5.74) is 1.96. The average molecular weight is 478 g/mol.